The second-order valence-corrected chi connectivity index (χ2v) is 4.91. The topological polar surface area (TPSA) is 21.3 Å². The van der Waals surface area contributed by atoms with Gasteiger partial charge in [0.2, 0.25) is 0 Å². The van der Waals surface area contributed by atoms with Crippen LogP contribution in [-0.2, 0) is 0 Å². The third-order valence-electron chi connectivity index (χ3n) is 2.17. The van der Waals surface area contributed by atoms with Crippen LogP contribution < -0.4 is 10.1 Å². The van der Waals surface area contributed by atoms with Crippen LogP contribution in [0, 0.1) is 12.7 Å². The predicted octanol–water partition coefficient (Wildman–Crippen LogP) is 2.90. The third kappa shape index (κ3) is 4.19. The van der Waals surface area contributed by atoms with E-state index in [0.29, 0.717) is 24.5 Å². The Kier molecular flexibility index (Phi) is 4.30. The van der Waals surface area contributed by atoms with Crippen LogP contribution in [0.1, 0.15) is 26.3 Å². The first-order chi connectivity index (χ1) is 7.40. The molecule has 90 valence electrons. The van der Waals surface area contributed by atoms with E-state index in [-0.39, 0.29) is 11.4 Å². The molecule has 1 aromatic rings. The smallest absolute Gasteiger partial charge is 0.167 e. The highest BCUT2D eigenvalue weighted by molar-refractivity contribution is 5.29. The lowest BCUT2D eigenvalue weighted by Gasteiger charge is -2.20. The van der Waals surface area contributed by atoms with E-state index in [9.17, 15) is 4.39 Å². The maximum absolute atomic E-state index is 13.5. The van der Waals surface area contributed by atoms with E-state index in [4.69, 9.17) is 4.74 Å². The summed E-state index contributed by atoms with van der Waals surface area (Å²) in [5.41, 5.74) is 0.676. The molecule has 0 fully saturated rings. The van der Waals surface area contributed by atoms with Gasteiger partial charge in [-0.3, -0.25) is 0 Å². The fraction of sp³-hybridized carbons (Fsp3) is 0.538. The molecule has 0 saturated heterocycles. The van der Waals surface area contributed by atoms with E-state index in [2.05, 4.69) is 26.1 Å². The molecule has 0 atom stereocenters. The van der Waals surface area contributed by atoms with Gasteiger partial charge in [0.1, 0.15) is 6.61 Å². The Hall–Kier alpha value is -1.09. The number of hydrogen-bond donors (Lipinski definition) is 1. The minimum absolute atomic E-state index is 0.0640. The molecule has 0 aliphatic rings. The van der Waals surface area contributed by atoms with Gasteiger partial charge in [-0.05, 0) is 39.3 Å². The molecule has 0 unspecified atom stereocenters. The molecule has 0 aliphatic carbocycles. The van der Waals surface area contributed by atoms with E-state index >= 15 is 0 Å². The van der Waals surface area contributed by atoms with Crippen LogP contribution in [0.25, 0.3) is 0 Å². The first kappa shape index (κ1) is 13.0. The van der Waals surface area contributed by atoms with Crippen molar-refractivity contribution >= 4 is 0 Å². The Bertz CT molecular complexity index is 344. The van der Waals surface area contributed by atoms with E-state index in [1.165, 1.54) is 0 Å². The maximum atomic E-state index is 13.5. The Balaban J connectivity index is 2.41. The van der Waals surface area contributed by atoms with E-state index in [1.807, 2.05) is 0 Å². The molecule has 0 spiro atoms. The van der Waals surface area contributed by atoms with Gasteiger partial charge in [0, 0.05) is 12.1 Å². The Morgan fingerprint density at radius 3 is 2.62 bits per heavy atom. The van der Waals surface area contributed by atoms with Crippen molar-refractivity contribution in [3.05, 3.63) is 29.6 Å². The van der Waals surface area contributed by atoms with Crippen LogP contribution in [0.5, 0.6) is 5.75 Å². The zero-order chi connectivity index (χ0) is 12.2. The molecule has 1 aromatic carbocycles. The van der Waals surface area contributed by atoms with Gasteiger partial charge >= 0.3 is 0 Å². The molecule has 0 saturated carbocycles. The molecule has 16 heavy (non-hydrogen) atoms. The standard InChI is InChI=1S/C13H20FNO/c1-10-6-5-7-11(12(10)14)16-9-8-15-13(2,3)4/h5-7,15H,8-9H2,1-4H3. The first-order valence-corrected chi connectivity index (χ1v) is 5.53. The van der Waals surface area contributed by atoms with Gasteiger partial charge < -0.3 is 10.1 Å². The monoisotopic (exact) mass is 225 g/mol. The molecule has 0 aromatic heterocycles. The summed E-state index contributed by atoms with van der Waals surface area (Å²) in [4.78, 5) is 0. The third-order valence-corrected chi connectivity index (χ3v) is 2.17. The van der Waals surface area contributed by atoms with Crippen molar-refractivity contribution in [2.24, 2.45) is 0 Å². The summed E-state index contributed by atoms with van der Waals surface area (Å²) in [5, 5.41) is 3.28. The minimum Gasteiger partial charge on any atom is -0.489 e. The number of aryl methyl sites for hydroxylation is 1. The van der Waals surface area contributed by atoms with E-state index < -0.39 is 0 Å². The van der Waals surface area contributed by atoms with Gasteiger partial charge in [0.15, 0.2) is 11.6 Å². The number of halogens is 1. The van der Waals surface area contributed by atoms with Crippen molar-refractivity contribution in [1.29, 1.82) is 0 Å². The molecule has 0 heterocycles. The number of hydrogen-bond acceptors (Lipinski definition) is 2. The van der Waals surface area contributed by atoms with E-state index in [1.54, 1.807) is 25.1 Å². The minimum atomic E-state index is -0.266. The molecule has 0 bridgehead atoms. The van der Waals surface area contributed by atoms with Crippen LogP contribution in [0.2, 0.25) is 0 Å². The second-order valence-electron chi connectivity index (χ2n) is 4.91. The summed E-state index contributed by atoms with van der Waals surface area (Å²) in [6.07, 6.45) is 0. The number of benzene rings is 1. The lowest BCUT2D eigenvalue weighted by atomic mass is 10.1. The molecule has 0 aliphatic heterocycles. The number of ether oxygens (including phenoxy) is 1. The fourth-order valence-corrected chi connectivity index (χ4v) is 1.32. The van der Waals surface area contributed by atoms with Crippen molar-refractivity contribution in [2.75, 3.05) is 13.2 Å². The lowest BCUT2D eigenvalue weighted by Crippen LogP contribution is -2.38. The SMILES string of the molecule is Cc1cccc(OCCNC(C)(C)C)c1F. The molecule has 1 N–H and O–H groups in total. The highest BCUT2D eigenvalue weighted by Gasteiger charge is 2.09. The second kappa shape index (κ2) is 5.30. The van der Waals surface area contributed by atoms with Crippen LogP contribution in [0.15, 0.2) is 18.2 Å². The van der Waals surface area contributed by atoms with Crippen molar-refractivity contribution in [3.8, 4) is 5.75 Å². The summed E-state index contributed by atoms with van der Waals surface area (Å²) in [5.74, 6) is 0.0639. The average molecular weight is 225 g/mol. The first-order valence-electron chi connectivity index (χ1n) is 5.53. The molecule has 0 amide bonds. The summed E-state index contributed by atoms with van der Waals surface area (Å²) in [6.45, 7) is 9.16. The molecular formula is C13H20FNO. The largest absolute Gasteiger partial charge is 0.489 e. The van der Waals surface area contributed by atoms with Crippen molar-refractivity contribution in [1.82, 2.24) is 5.32 Å². The Labute approximate surface area is 96.8 Å². The molecule has 1 rings (SSSR count). The Morgan fingerprint density at radius 2 is 2.00 bits per heavy atom. The fourth-order valence-electron chi connectivity index (χ4n) is 1.32. The van der Waals surface area contributed by atoms with Crippen molar-refractivity contribution < 1.29 is 9.13 Å². The summed E-state index contributed by atoms with van der Waals surface area (Å²) >= 11 is 0. The molecule has 0 radical (unpaired) electrons. The highest BCUT2D eigenvalue weighted by atomic mass is 19.1. The van der Waals surface area contributed by atoms with Crippen LogP contribution >= 0.6 is 0 Å². The van der Waals surface area contributed by atoms with Gasteiger partial charge in [0.05, 0.1) is 0 Å². The summed E-state index contributed by atoms with van der Waals surface area (Å²) in [7, 11) is 0. The van der Waals surface area contributed by atoms with Crippen molar-refractivity contribution in [3.63, 3.8) is 0 Å². The summed E-state index contributed by atoms with van der Waals surface area (Å²) < 4.78 is 18.9. The Morgan fingerprint density at radius 1 is 1.31 bits per heavy atom. The molecular weight excluding hydrogens is 205 g/mol. The summed E-state index contributed by atoms with van der Waals surface area (Å²) in [6, 6.07) is 5.18. The van der Waals surface area contributed by atoms with Crippen LogP contribution in [0.4, 0.5) is 4.39 Å². The quantitative estimate of drug-likeness (QED) is 0.795. The van der Waals surface area contributed by atoms with Gasteiger partial charge in [0.25, 0.3) is 0 Å². The number of rotatable bonds is 4. The van der Waals surface area contributed by atoms with Gasteiger partial charge in [-0.1, -0.05) is 12.1 Å². The lowest BCUT2D eigenvalue weighted by molar-refractivity contribution is 0.279. The number of nitrogens with one attached hydrogen (secondary N) is 1. The van der Waals surface area contributed by atoms with Gasteiger partial charge in [-0.2, -0.15) is 0 Å². The van der Waals surface area contributed by atoms with Gasteiger partial charge in [-0.25, -0.2) is 4.39 Å². The average Bonchev–Trinajstić information content (AvgIpc) is 2.17. The normalized spacial score (nSPS) is 11.6. The highest BCUT2D eigenvalue weighted by Crippen LogP contribution is 2.19. The van der Waals surface area contributed by atoms with Crippen molar-refractivity contribution in [2.45, 2.75) is 33.2 Å². The zero-order valence-electron chi connectivity index (χ0n) is 10.4. The molecule has 2 nitrogen and oxygen atoms in total. The predicted molar refractivity (Wildman–Crippen MR) is 64.4 cm³/mol. The molecule has 3 heteroatoms. The van der Waals surface area contributed by atoms with Crippen LogP contribution in [-0.4, -0.2) is 18.7 Å². The maximum Gasteiger partial charge on any atom is 0.167 e. The zero-order valence-corrected chi connectivity index (χ0v) is 10.4. The van der Waals surface area contributed by atoms with Crippen LogP contribution in [0.3, 0.4) is 0 Å². The van der Waals surface area contributed by atoms with Gasteiger partial charge in [-0.15, -0.1) is 0 Å². The van der Waals surface area contributed by atoms with E-state index in [0.717, 1.165) is 0 Å².